The monoisotopic (exact) mass is 210 g/mol. The van der Waals surface area contributed by atoms with E-state index >= 15 is 0 Å². The van der Waals surface area contributed by atoms with Gasteiger partial charge in [-0.1, -0.05) is 26.2 Å². The van der Waals surface area contributed by atoms with E-state index in [1.165, 1.54) is 51.6 Å². The molecular formula is C13H26N2. The summed E-state index contributed by atoms with van der Waals surface area (Å²) in [4.78, 5) is 2.59. The Kier molecular flexibility index (Phi) is 4.04. The zero-order valence-electron chi connectivity index (χ0n) is 10.3. The van der Waals surface area contributed by atoms with Crippen LogP contribution in [0.3, 0.4) is 0 Å². The topological polar surface area (TPSA) is 15.3 Å². The first-order valence-corrected chi connectivity index (χ1v) is 6.76. The van der Waals surface area contributed by atoms with Crippen molar-refractivity contribution in [2.75, 3.05) is 20.1 Å². The average Bonchev–Trinajstić information content (AvgIpc) is 2.52. The van der Waals surface area contributed by atoms with Crippen molar-refractivity contribution in [2.24, 2.45) is 5.92 Å². The molecule has 2 nitrogen and oxygen atoms in total. The summed E-state index contributed by atoms with van der Waals surface area (Å²) in [5.41, 5.74) is 0. The third kappa shape index (κ3) is 2.54. The number of nitrogens with one attached hydrogen (secondary N) is 1. The van der Waals surface area contributed by atoms with Crippen molar-refractivity contribution in [3.05, 3.63) is 0 Å². The molecule has 88 valence electrons. The highest BCUT2D eigenvalue weighted by atomic mass is 15.2. The minimum absolute atomic E-state index is 0.808. The summed E-state index contributed by atoms with van der Waals surface area (Å²) in [6, 6.07) is 1.63. The van der Waals surface area contributed by atoms with Crippen LogP contribution in [0.2, 0.25) is 0 Å². The Balaban J connectivity index is 2.10. The van der Waals surface area contributed by atoms with Crippen LogP contribution in [-0.4, -0.2) is 37.1 Å². The lowest BCUT2D eigenvalue weighted by molar-refractivity contribution is 0.167. The fraction of sp³-hybridized carbons (Fsp3) is 1.00. The van der Waals surface area contributed by atoms with Gasteiger partial charge in [0, 0.05) is 25.2 Å². The fourth-order valence-electron chi connectivity index (χ4n) is 3.58. The highest BCUT2D eigenvalue weighted by molar-refractivity contribution is 4.90. The van der Waals surface area contributed by atoms with E-state index in [9.17, 15) is 0 Å². The lowest BCUT2D eigenvalue weighted by atomic mass is 9.86. The van der Waals surface area contributed by atoms with Crippen LogP contribution in [-0.2, 0) is 0 Å². The van der Waals surface area contributed by atoms with Gasteiger partial charge in [0.05, 0.1) is 0 Å². The van der Waals surface area contributed by atoms with E-state index in [2.05, 4.69) is 24.2 Å². The van der Waals surface area contributed by atoms with Crippen LogP contribution in [0.1, 0.15) is 45.4 Å². The van der Waals surface area contributed by atoms with Gasteiger partial charge in [0.2, 0.25) is 0 Å². The number of rotatable bonds is 1. The quantitative estimate of drug-likeness (QED) is 0.714. The Morgan fingerprint density at radius 1 is 1.20 bits per heavy atom. The number of likely N-dealkylation sites (N-methyl/N-ethyl adjacent to an activating group) is 1. The lowest BCUT2D eigenvalue weighted by Crippen LogP contribution is -2.42. The number of hydrogen-bond acceptors (Lipinski definition) is 2. The zero-order valence-corrected chi connectivity index (χ0v) is 10.3. The van der Waals surface area contributed by atoms with Crippen LogP contribution in [0.4, 0.5) is 0 Å². The van der Waals surface area contributed by atoms with E-state index in [4.69, 9.17) is 0 Å². The van der Waals surface area contributed by atoms with Crippen molar-refractivity contribution < 1.29 is 0 Å². The zero-order chi connectivity index (χ0) is 10.7. The molecule has 1 unspecified atom stereocenters. The van der Waals surface area contributed by atoms with Crippen molar-refractivity contribution >= 4 is 0 Å². The van der Waals surface area contributed by atoms with Crippen molar-refractivity contribution in [1.82, 2.24) is 10.2 Å². The molecule has 0 aromatic heterocycles. The van der Waals surface area contributed by atoms with Gasteiger partial charge in [-0.3, -0.25) is 0 Å². The predicted octanol–water partition coefficient (Wildman–Crippen LogP) is 2.25. The molecule has 1 aliphatic carbocycles. The van der Waals surface area contributed by atoms with Gasteiger partial charge in [-0.05, 0) is 32.2 Å². The Hall–Kier alpha value is -0.0800. The molecule has 0 spiro atoms. The summed E-state index contributed by atoms with van der Waals surface area (Å²) in [6.45, 7) is 4.77. The van der Waals surface area contributed by atoms with Crippen molar-refractivity contribution in [2.45, 2.75) is 57.5 Å². The van der Waals surface area contributed by atoms with Gasteiger partial charge in [0.25, 0.3) is 0 Å². The Bertz CT molecular complexity index is 193. The van der Waals surface area contributed by atoms with E-state index in [0.717, 1.165) is 18.0 Å². The third-order valence-corrected chi connectivity index (χ3v) is 4.42. The number of hydrogen-bond donors (Lipinski definition) is 1. The molecule has 0 amide bonds. The second-order valence-electron chi connectivity index (χ2n) is 5.32. The van der Waals surface area contributed by atoms with Gasteiger partial charge >= 0.3 is 0 Å². The van der Waals surface area contributed by atoms with Crippen LogP contribution in [0.15, 0.2) is 0 Å². The summed E-state index contributed by atoms with van der Waals surface area (Å²) >= 11 is 0. The van der Waals surface area contributed by atoms with Crippen molar-refractivity contribution in [1.29, 1.82) is 0 Å². The molecule has 2 fully saturated rings. The molecule has 0 aromatic rings. The molecule has 1 N–H and O–H groups in total. The van der Waals surface area contributed by atoms with Crippen molar-refractivity contribution in [3.63, 3.8) is 0 Å². The van der Waals surface area contributed by atoms with Crippen molar-refractivity contribution in [3.8, 4) is 0 Å². The second-order valence-corrected chi connectivity index (χ2v) is 5.32. The molecular weight excluding hydrogens is 184 g/mol. The van der Waals surface area contributed by atoms with Crippen LogP contribution in [0, 0.1) is 5.92 Å². The molecule has 3 atom stereocenters. The van der Waals surface area contributed by atoms with Gasteiger partial charge < -0.3 is 10.2 Å². The molecule has 1 heterocycles. The number of fused-ring (bicyclic) bond motifs is 1. The highest BCUT2D eigenvalue weighted by Gasteiger charge is 2.33. The van der Waals surface area contributed by atoms with Gasteiger partial charge in [0.15, 0.2) is 0 Å². The predicted molar refractivity (Wildman–Crippen MR) is 65.1 cm³/mol. The molecule has 1 saturated carbocycles. The Labute approximate surface area is 94.4 Å². The second kappa shape index (κ2) is 5.31. The normalized spacial score (nSPS) is 39.2. The summed E-state index contributed by atoms with van der Waals surface area (Å²) in [5.74, 6) is 0.907. The molecule has 0 radical (unpaired) electrons. The molecule has 0 bridgehead atoms. The fourth-order valence-corrected chi connectivity index (χ4v) is 3.58. The van der Waals surface area contributed by atoms with E-state index in [1.54, 1.807) is 0 Å². The smallest absolute Gasteiger partial charge is 0.0133 e. The molecule has 1 aliphatic heterocycles. The van der Waals surface area contributed by atoms with E-state index in [0.29, 0.717) is 0 Å². The Morgan fingerprint density at radius 2 is 2.00 bits per heavy atom. The highest BCUT2D eigenvalue weighted by Crippen LogP contribution is 2.30. The van der Waals surface area contributed by atoms with Crippen LogP contribution < -0.4 is 5.32 Å². The maximum Gasteiger partial charge on any atom is 0.0133 e. The van der Waals surface area contributed by atoms with E-state index in [1.807, 2.05) is 0 Å². The van der Waals surface area contributed by atoms with Gasteiger partial charge in [-0.15, -0.1) is 0 Å². The largest absolute Gasteiger partial charge is 0.312 e. The summed E-state index contributed by atoms with van der Waals surface area (Å²) in [7, 11) is 2.31. The standard InChI is InChI=1S/C13H26N2/c1-3-13-11-7-5-4-6-8-12(11)14-9-10-15(13)2/h11-14H,3-10H2,1-2H3/t11-,12?,13+/m1/s1. The lowest BCUT2D eigenvalue weighted by Gasteiger charge is -2.34. The molecule has 2 rings (SSSR count). The average molecular weight is 210 g/mol. The molecule has 0 aromatic carbocycles. The summed E-state index contributed by atoms with van der Waals surface area (Å²) in [6.07, 6.45) is 8.52. The van der Waals surface area contributed by atoms with E-state index in [-0.39, 0.29) is 0 Å². The van der Waals surface area contributed by atoms with Crippen LogP contribution in [0.25, 0.3) is 0 Å². The Morgan fingerprint density at radius 3 is 2.80 bits per heavy atom. The third-order valence-electron chi connectivity index (χ3n) is 4.42. The molecule has 2 heteroatoms. The van der Waals surface area contributed by atoms with E-state index < -0.39 is 0 Å². The number of nitrogens with zero attached hydrogens (tertiary/aromatic N) is 1. The maximum absolute atomic E-state index is 3.78. The van der Waals surface area contributed by atoms with Crippen LogP contribution >= 0.6 is 0 Å². The minimum atomic E-state index is 0.808. The first kappa shape index (κ1) is 11.4. The molecule has 1 saturated heterocycles. The first-order valence-electron chi connectivity index (χ1n) is 6.76. The maximum atomic E-state index is 3.78. The summed E-state index contributed by atoms with van der Waals surface area (Å²) in [5, 5.41) is 3.78. The van der Waals surface area contributed by atoms with Gasteiger partial charge in [-0.25, -0.2) is 0 Å². The molecule has 15 heavy (non-hydrogen) atoms. The SMILES string of the molecule is CC[C@H]1[C@@H]2CCCCCC2NCCN1C. The van der Waals surface area contributed by atoms with Gasteiger partial charge in [-0.2, -0.15) is 0 Å². The first-order chi connectivity index (χ1) is 7.33. The minimum Gasteiger partial charge on any atom is -0.312 e. The molecule has 2 aliphatic rings. The van der Waals surface area contributed by atoms with Gasteiger partial charge in [0.1, 0.15) is 0 Å². The van der Waals surface area contributed by atoms with Crippen LogP contribution in [0.5, 0.6) is 0 Å². The summed E-state index contributed by atoms with van der Waals surface area (Å²) < 4.78 is 0.